The molecule has 2 rings (SSSR count). The van der Waals surface area contributed by atoms with Gasteiger partial charge in [-0.05, 0) is 24.8 Å². The molecule has 0 aromatic heterocycles. The van der Waals surface area contributed by atoms with Crippen molar-refractivity contribution in [3.05, 3.63) is 26.7 Å². The molecule has 0 atom stereocenters. The Hall–Kier alpha value is -1.50. The Morgan fingerprint density at radius 1 is 1.17 bits per heavy atom. The van der Waals surface area contributed by atoms with Gasteiger partial charge < -0.3 is 14.6 Å². The predicted molar refractivity (Wildman–Crippen MR) is 82.4 cm³/mol. The summed E-state index contributed by atoms with van der Waals surface area (Å²) in [4.78, 5) is 34.1. The standard InChI is InChI=1S/C14H11Cl3O6/c15-7-4-8(16)11(23-14(21)12(18)19)9(10(7)17)13(20)22-5-6-2-1-3-6/h4,6H,1-3,5H2,(H,18,19). The van der Waals surface area contributed by atoms with E-state index in [4.69, 9.17) is 44.6 Å². The van der Waals surface area contributed by atoms with Gasteiger partial charge in [0.25, 0.3) is 0 Å². The maximum atomic E-state index is 12.2. The number of aliphatic carboxylic acids is 1. The molecular weight excluding hydrogens is 371 g/mol. The van der Waals surface area contributed by atoms with Gasteiger partial charge in [-0.15, -0.1) is 0 Å². The number of hydrogen-bond acceptors (Lipinski definition) is 5. The van der Waals surface area contributed by atoms with Crippen molar-refractivity contribution in [2.24, 2.45) is 5.92 Å². The highest BCUT2D eigenvalue weighted by Gasteiger charge is 2.29. The molecule has 1 aliphatic rings. The van der Waals surface area contributed by atoms with E-state index in [1.165, 1.54) is 0 Å². The second kappa shape index (κ2) is 7.38. The Morgan fingerprint density at radius 2 is 1.83 bits per heavy atom. The van der Waals surface area contributed by atoms with Crippen molar-refractivity contribution in [1.82, 2.24) is 0 Å². The minimum atomic E-state index is -1.85. The van der Waals surface area contributed by atoms with Gasteiger partial charge in [-0.1, -0.05) is 41.2 Å². The number of ether oxygens (including phenoxy) is 2. The molecule has 0 aliphatic heterocycles. The van der Waals surface area contributed by atoms with E-state index in [1.807, 2.05) is 0 Å². The first-order valence-corrected chi connectivity index (χ1v) is 7.74. The Morgan fingerprint density at radius 3 is 2.35 bits per heavy atom. The average Bonchev–Trinajstić information content (AvgIpc) is 2.42. The third kappa shape index (κ3) is 4.07. The molecule has 0 heterocycles. The van der Waals surface area contributed by atoms with Crippen LogP contribution in [0.1, 0.15) is 29.6 Å². The van der Waals surface area contributed by atoms with Crippen LogP contribution in [-0.2, 0) is 14.3 Å². The minimum absolute atomic E-state index is 0.0533. The van der Waals surface area contributed by atoms with Gasteiger partial charge in [0, 0.05) is 0 Å². The van der Waals surface area contributed by atoms with Gasteiger partial charge in [0.1, 0.15) is 5.56 Å². The normalized spacial score (nSPS) is 14.0. The van der Waals surface area contributed by atoms with Gasteiger partial charge in [-0.2, -0.15) is 0 Å². The van der Waals surface area contributed by atoms with Gasteiger partial charge in [0.15, 0.2) is 5.75 Å². The van der Waals surface area contributed by atoms with E-state index in [2.05, 4.69) is 4.74 Å². The molecule has 0 amide bonds. The third-order valence-electron chi connectivity index (χ3n) is 3.37. The van der Waals surface area contributed by atoms with Crippen LogP contribution in [0.15, 0.2) is 6.07 Å². The Kier molecular flexibility index (Phi) is 5.73. The van der Waals surface area contributed by atoms with Gasteiger partial charge >= 0.3 is 17.9 Å². The van der Waals surface area contributed by atoms with Crippen molar-refractivity contribution < 1.29 is 29.0 Å². The van der Waals surface area contributed by atoms with Gasteiger partial charge in [-0.25, -0.2) is 14.4 Å². The summed E-state index contributed by atoms with van der Waals surface area (Å²) in [5.74, 6) is -4.57. The van der Waals surface area contributed by atoms with Crippen LogP contribution >= 0.6 is 34.8 Å². The van der Waals surface area contributed by atoms with E-state index in [1.54, 1.807) is 0 Å². The zero-order valence-electron chi connectivity index (χ0n) is 11.6. The largest absolute Gasteiger partial charge is 0.473 e. The highest BCUT2D eigenvalue weighted by atomic mass is 35.5. The van der Waals surface area contributed by atoms with Gasteiger partial charge in [0.05, 0.1) is 21.7 Å². The molecule has 1 aromatic carbocycles. The van der Waals surface area contributed by atoms with Crippen LogP contribution < -0.4 is 4.74 Å². The van der Waals surface area contributed by atoms with Crippen molar-refractivity contribution in [3.63, 3.8) is 0 Å². The summed E-state index contributed by atoms with van der Waals surface area (Å²) >= 11 is 17.7. The fourth-order valence-electron chi connectivity index (χ4n) is 1.92. The van der Waals surface area contributed by atoms with Crippen molar-refractivity contribution in [3.8, 4) is 5.75 Å². The number of carboxylic acids is 1. The quantitative estimate of drug-likeness (QED) is 0.371. The first-order valence-electron chi connectivity index (χ1n) is 6.61. The van der Waals surface area contributed by atoms with Crippen molar-refractivity contribution in [1.29, 1.82) is 0 Å². The lowest BCUT2D eigenvalue weighted by atomic mass is 9.86. The highest BCUT2D eigenvalue weighted by molar-refractivity contribution is 6.46. The first kappa shape index (κ1) is 17.8. The topological polar surface area (TPSA) is 89.9 Å². The Labute approximate surface area is 146 Å². The smallest absolute Gasteiger partial charge is 0.422 e. The number of hydrogen-bond donors (Lipinski definition) is 1. The summed E-state index contributed by atoms with van der Waals surface area (Å²) in [7, 11) is 0. The number of carbonyl (C=O) groups is 3. The van der Waals surface area contributed by atoms with E-state index in [0.717, 1.165) is 25.3 Å². The fourth-order valence-corrected chi connectivity index (χ4v) is 2.64. The third-order valence-corrected chi connectivity index (χ3v) is 4.44. The number of esters is 2. The van der Waals surface area contributed by atoms with Crippen molar-refractivity contribution >= 4 is 52.7 Å². The van der Waals surface area contributed by atoms with Crippen LogP contribution in [0, 0.1) is 5.92 Å². The number of carbonyl (C=O) groups excluding carboxylic acids is 2. The summed E-state index contributed by atoms with van der Waals surface area (Å²) < 4.78 is 9.75. The lowest BCUT2D eigenvalue weighted by Crippen LogP contribution is -2.23. The summed E-state index contributed by atoms with van der Waals surface area (Å²) in [6.45, 7) is 0.186. The Balaban J connectivity index is 2.31. The molecule has 124 valence electrons. The van der Waals surface area contributed by atoms with Crippen LogP contribution in [0.4, 0.5) is 0 Å². The SMILES string of the molecule is O=C(O)C(=O)Oc1c(Cl)cc(Cl)c(Cl)c1C(=O)OCC1CCC1. The number of carboxylic acid groups (broad SMARTS) is 1. The minimum Gasteiger partial charge on any atom is -0.473 e. The number of rotatable bonds is 4. The lowest BCUT2D eigenvalue weighted by molar-refractivity contribution is -0.158. The van der Waals surface area contributed by atoms with Crippen LogP contribution in [0.25, 0.3) is 0 Å². The average molecular weight is 382 g/mol. The second-order valence-electron chi connectivity index (χ2n) is 4.95. The maximum Gasteiger partial charge on any atom is 0.422 e. The maximum absolute atomic E-state index is 12.2. The predicted octanol–water partition coefficient (Wildman–Crippen LogP) is 3.59. The van der Waals surface area contributed by atoms with E-state index < -0.39 is 23.7 Å². The molecule has 6 nitrogen and oxygen atoms in total. The van der Waals surface area contributed by atoms with Crippen LogP contribution in [-0.4, -0.2) is 29.6 Å². The molecular formula is C14H11Cl3O6. The van der Waals surface area contributed by atoms with Crippen molar-refractivity contribution in [2.75, 3.05) is 6.61 Å². The van der Waals surface area contributed by atoms with E-state index >= 15 is 0 Å². The molecule has 1 fully saturated rings. The molecule has 0 spiro atoms. The van der Waals surface area contributed by atoms with E-state index in [0.29, 0.717) is 0 Å². The molecule has 9 heteroatoms. The van der Waals surface area contributed by atoms with Crippen LogP contribution in [0.2, 0.25) is 15.1 Å². The second-order valence-corrected chi connectivity index (χ2v) is 6.14. The molecule has 23 heavy (non-hydrogen) atoms. The van der Waals surface area contributed by atoms with E-state index in [9.17, 15) is 14.4 Å². The van der Waals surface area contributed by atoms with Crippen LogP contribution in [0.3, 0.4) is 0 Å². The number of benzene rings is 1. The molecule has 0 saturated heterocycles. The van der Waals surface area contributed by atoms with Gasteiger partial charge in [-0.3, -0.25) is 0 Å². The fraction of sp³-hybridized carbons (Fsp3) is 0.357. The molecule has 0 bridgehead atoms. The molecule has 1 saturated carbocycles. The Bertz CT molecular complexity index is 669. The molecule has 1 aliphatic carbocycles. The zero-order chi connectivity index (χ0) is 17.1. The van der Waals surface area contributed by atoms with E-state index in [-0.39, 0.29) is 33.2 Å². The summed E-state index contributed by atoms with van der Waals surface area (Å²) in [5.41, 5.74) is -0.377. The highest BCUT2D eigenvalue weighted by Crippen LogP contribution is 2.40. The van der Waals surface area contributed by atoms with Gasteiger partial charge in [0.2, 0.25) is 0 Å². The van der Waals surface area contributed by atoms with Crippen LogP contribution in [0.5, 0.6) is 5.75 Å². The first-order chi connectivity index (χ1) is 10.8. The summed E-state index contributed by atoms with van der Waals surface area (Å²) in [6.07, 6.45) is 2.99. The molecule has 0 radical (unpaired) electrons. The molecule has 1 aromatic rings. The lowest BCUT2D eigenvalue weighted by Gasteiger charge is -2.24. The molecule has 0 unspecified atom stereocenters. The summed E-state index contributed by atoms with van der Waals surface area (Å²) in [5, 5.41) is 8.09. The monoisotopic (exact) mass is 380 g/mol. The van der Waals surface area contributed by atoms with Crippen molar-refractivity contribution in [2.45, 2.75) is 19.3 Å². The molecule has 1 N–H and O–H groups in total. The summed E-state index contributed by atoms with van der Waals surface area (Å²) in [6, 6.07) is 1.14. The zero-order valence-corrected chi connectivity index (χ0v) is 13.9. The number of halogens is 3.